The number of carbonyl (C=O) groups is 4. The SMILES string of the molecule is Cc1ccc(C)c(NC(=O)COc2cccc(/C=C3\C(=O)NC(=O)N(c4ccc(C)c(Cl)c4)C3=O)c2)c1. The van der Waals surface area contributed by atoms with Crippen LogP contribution in [0.2, 0.25) is 5.02 Å². The van der Waals surface area contributed by atoms with E-state index in [9.17, 15) is 19.2 Å². The van der Waals surface area contributed by atoms with Gasteiger partial charge in [0.25, 0.3) is 17.7 Å². The average molecular weight is 518 g/mol. The summed E-state index contributed by atoms with van der Waals surface area (Å²) in [5.74, 6) is -1.56. The fourth-order valence-corrected chi connectivity index (χ4v) is 3.85. The third-order valence-electron chi connectivity index (χ3n) is 5.72. The Hall–Kier alpha value is -4.43. The van der Waals surface area contributed by atoms with Crippen molar-refractivity contribution >= 4 is 52.8 Å². The van der Waals surface area contributed by atoms with Crippen molar-refractivity contribution in [3.05, 3.63) is 93.5 Å². The quantitative estimate of drug-likeness (QED) is 0.355. The number of halogens is 1. The lowest BCUT2D eigenvalue weighted by atomic mass is 10.1. The highest BCUT2D eigenvalue weighted by atomic mass is 35.5. The van der Waals surface area contributed by atoms with Crippen LogP contribution in [0.4, 0.5) is 16.2 Å². The second kappa shape index (κ2) is 10.7. The normalized spacial score (nSPS) is 14.5. The van der Waals surface area contributed by atoms with Crippen molar-refractivity contribution in [3.8, 4) is 5.75 Å². The molecule has 1 fully saturated rings. The average Bonchev–Trinajstić information content (AvgIpc) is 2.85. The molecule has 3 aromatic carbocycles. The predicted octanol–water partition coefficient (Wildman–Crippen LogP) is 4.95. The Morgan fingerprint density at radius 1 is 1.00 bits per heavy atom. The first-order valence-electron chi connectivity index (χ1n) is 11.4. The van der Waals surface area contributed by atoms with E-state index >= 15 is 0 Å². The molecule has 1 saturated heterocycles. The highest BCUT2D eigenvalue weighted by molar-refractivity contribution is 6.39. The van der Waals surface area contributed by atoms with Crippen molar-refractivity contribution in [2.45, 2.75) is 20.8 Å². The van der Waals surface area contributed by atoms with Gasteiger partial charge in [-0.15, -0.1) is 0 Å². The second-order valence-electron chi connectivity index (χ2n) is 8.62. The minimum absolute atomic E-state index is 0.233. The minimum atomic E-state index is -0.862. The van der Waals surface area contributed by atoms with Crippen molar-refractivity contribution in [1.29, 1.82) is 0 Å². The van der Waals surface area contributed by atoms with Crippen molar-refractivity contribution in [2.24, 2.45) is 0 Å². The number of rotatable bonds is 6. The molecule has 3 aromatic rings. The molecule has 37 heavy (non-hydrogen) atoms. The first kappa shape index (κ1) is 25.7. The van der Waals surface area contributed by atoms with Gasteiger partial charge in [0.15, 0.2) is 6.61 Å². The number of hydrogen-bond donors (Lipinski definition) is 2. The molecule has 0 atom stereocenters. The van der Waals surface area contributed by atoms with Gasteiger partial charge in [0.05, 0.1) is 5.69 Å². The minimum Gasteiger partial charge on any atom is -0.484 e. The summed E-state index contributed by atoms with van der Waals surface area (Å²) < 4.78 is 5.62. The molecule has 1 aliphatic heterocycles. The van der Waals surface area contributed by atoms with Crippen LogP contribution in [0.3, 0.4) is 0 Å². The standard InChI is InChI=1S/C28H24ClN3O5/c1-16-7-8-18(3)24(11-16)30-25(33)15-37-21-6-4-5-19(12-21)13-22-26(34)31-28(36)32(27(22)35)20-10-9-17(2)23(29)14-20/h4-14H,15H2,1-3H3,(H,30,33)(H,31,34,36)/b22-13+. The monoisotopic (exact) mass is 517 g/mol. The molecule has 2 N–H and O–H groups in total. The van der Waals surface area contributed by atoms with Crippen LogP contribution < -0.4 is 20.3 Å². The molecule has 1 aliphatic rings. The molecule has 0 aliphatic carbocycles. The van der Waals surface area contributed by atoms with Crippen LogP contribution in [0.1, 0.15) is 22.3 Å². The zero-order valence-electron chi connectivity index (χ0n) is 20.4. The largest absolute Gasteiger partial charge is 0.484 e. The number of carbonyl (C=O) groups excluding carboxylic acids is 4. The lowest BCUT2D eigenvalue weighted by Crippen LogP contribution is -2.54. The number of hydrogen-bond acceptors (Lipinski definition) is 5. The molecule has 5 amide bonds. The summed E-state index contributed by atoms with van der Waals surface area (Å²) >= 11 is 6.16. The number of aryl methyl sites for hydroxylation is 3. The summed E-state index contributed by atoms with van der Waals surface area (Å²) in [4.78, 5) is 51.3. The molecule has 0 saturated carbocycles. The summed E-state index contributed by atoms with van der Waals surface area (Å²) in [6, 6.07) is 16.2. The number of anilines is 2. The van der Waals surface area contributed by atoms with Gasteiger partial charge in [-0.25, -0.2) is 9.69 Å². The van der Waals surface area contributed by atoms with E-state index in [0.29, 0.717) is 22.0 Å². The van der Waals surface area contributed by atoms with Crippen molar-refractivity contribution in [3.63, 3.8) is 0 Å². The number of ether oxygens (including phenoxy) is 1. The van der Waals surface area contributed by atoms with E-state index < -0.39 is 17.8 Å². The van der Waals surface area contributed by atoms with E-state index in [1.807, 2.05) is 32.0 Å². The van der Waals surface area contributed by atoms with Crippen LogP contribution in [0, 0.1) is 20.8 Å². The molecule has 1 heterocycles. The summed E-state index contributed by atoms with van der Waals surface area (Å²) in [6.07, 6.45) is 1.36. The summed E-state index contributed by atoms with van der Waals surface area (Å²) in [7, 11) is 0. The molecule has 0 bridgehead atoms. The summed E-state index contributed by atoms with van der Waals surface area (Å²) in [5.41, 5.74) is 3.93. The van der Waals surface area contributed by atoms with Crippen molar-refractivity contribution < 1.29 is 23.9 Å². The van der Waals surface area contributed by atoms with Crippen LogP contribution in [0.15, 0.2) is 66.2 Å². The Morgan fingerprint density at radius 2 is 1.76 bits per heavy atom. The number of barbiturate groups is 1. The number of nitrogens with one attached hydrogen (secondary N) is 2. The molecular weight excluding hydrogens is 494 g/mol. The Morgan fingerprint density at radius 3 is 2.51 bits per heavy atom. The molecule has 0 unspecified atom stereocenters. The van der Waals surface area contributed by atoms with Gasteiger partial charge in [0.1, 0.15) is 11.3 Å². The first-order chi connectivity index (χ1) is 17.6. The van der Waals surface area contributed by atoms with Crippen molar-refractivity contribution in [2.75, 3.05) is 16.8 Å². The molecular formula is C28H24ClN3O5. The van der Waals surface area contributed by atoms with Gasteiger partial charge in [-0.2, -0.15) is 0 Å². The third kappa shape index (κ3) is 5.87. The Kier molecular flexibility index (Phi) is 7.40. The van der Waals surface area contributed by atoms with Crippen LogP contribution in [0.5, 0.6) is 5.75 Å². The van der Waals surface area contributed by atoms with Crippen molar-refractivity contribution in [1.82, 2.24) is 5.32 Å². The fraction of sp³-hybridized carbons (Fsp3) is 0.143. The lowest BCUT2D eigenvalue weighted by Gasteiger charge is -2.26. The van der Waals surface area contributed by atoms with E-state index in [1.54, 1.807) is 43.3 Å². The molecule has 0 aromatic heterocycles. The molecule has 0 spiro atoms. The number of amides is 5. The van der Waals surface area contributed by atoms with E-state index in [4.69, 9.17) is 16.3 Å². The molecule has 4 rings (SSSR count). The zero-order chi connectivity index (χ0) is 26.7. The van der Waals surface area contributed by atoms with Gasteiger partial charge < -0.3 is 10.1 Å². The van der Waals surface area contributed by atoms with E-state index in [-0.39, 0.29) is 23.8 Å². The summed E-state index contributed by atoms with van der Waals surface area (Å²) in [6.45, 7) is 5.40. The molecule has 188 valence electrons. The van der Waals surface area contributed by atoms with E-state index in [2.05, 4.69) is 10.6 Å². The Balaban J connectivity index is 1.50. The van der Waals surface area contributed by atoms with Crippen LogP contribution in [-0.2, 0) is 14.4 Å². The summed E-state index contributed by atoms with van der Waals surface area (Å²) in [5, 5.41) is 5.39. The smallest absolute Gasteiger partial charge is 0.335 e. The topological polar surface area (TPSA) is 105 Å². The van der Waals surface area contributed by atoms with Crippen LogP contribution in [0.25, 0.3) is 6.08 Å². The first-order valence-corrected chi connectivity index (χ1v) is 11.8. The number of benzene rings is 3. The molecule has 0 radical (unpaired) electrons. The predicted molar refractivity (Wildman–Crippen MR) is 142 cm³/mol. The van der Waals surface area contributed by atoms with Crippen LogP contribution >= 0.6 is 11.6 Å². The fourth-order valence-electron chi connectivity index (χ4n) is 3.68. The third-order valence-corrected chi connectivity index (χ3v) is 6.13. The maximum atomic E-state index is 13.1. The zero-order valence-corrected chi connectivity index (χ0v) is 21.2. The van der Waals surface area contributed by atoms with Gasteiger partial charge in [-0.3, -0.25) is 19.7 Å². The van der Waals surface area contributed by atoms with E-state index in [1.165, 1.54) is 12.1 Å². The number of urea groups is 1. The van der Waals surface area contributed by atoms with Gasteiger partial charge in [0.2, 0.25) is 0 Å². The Labute approximate surface area is 218 Å². The maximum Gasteiger partial charge on any atom is 0.335 e. The molecule has 8 nitrogen and oxygen atoms in total. The van der Waals surface area contributed by atoms with Gasteiger partial charge in [0, 0.05) is 10.7 Å². The second-order valence-corrected chi connectivity index (χ2v) is 9.03. The van der Waals surface area contributed by atoms with E-state index in [0.717, 1.165) is 21.6 Å². The molecule has 9 heteroatoms. The maximum absolute atomic E-state index is 13.1. The van der Waals surface area contributed by atoms with Gasteiger partial charge in [-0.1, -0.05) is 41.9 Å². The Bertz CT molecular complexity index is 1460. The number of nitrogens with zero attached hydrogens (tertiary/aromatic N) is 1. The lowest BCUT2D eigenvalue weighted by molar-refractivity contribution is -0.122. The van der Waals surface area contributed by atoms with Gasteiger partial charge in [-0.05, 0) is 79.4 Å². The van der Waals surface area contributed by atoms with Crippen LogP contribution in [-0.4, -0.2) is 30.4 Å². The van der Waals surface area contributed by atoms with Gasteiger partial charge >= 0.3 is 6.03 Å². The number of imide groups is 2. The highest BCUT2D eigenvalue weighted by Crippen LogP contribution is 2.27. The highest BCUT2D eigenvalue weighted by Gasteiger charge is 2.37.